The lowest BCUT2D eigenvalue weighted by Crippen LogP contribution is -2.36. The number of benzene rings is 1. The summed E-state index contributed by atoms with van der Waals surface area (Å²) in [6, 6.07) is 6.03. The van der Waals surface area contributed by atoms with Gasteiger partial charge in [-0.25, -0.2) is 12.8 Å². The van der Waals surface area contributed by atoms with E-state index >= 15 is 0 Å². The Kier molecular flexibility index (Phi) is 5.69. The van der Waals surface area contributed by atoms with Crippen LogP contribution in [0.5, 0.6) is 0 Å². The molecular weight excluding hydrogens is 381 g/mol. The number of carbonyl (C=O) groups is 1. The summed E-state index contributed by atoms with van der Waals surface area (Å²) in [7, 11) is -3.50. The molecule has 1 aromatic carbocycles. The Balaban J connectivity index is 1.72. The second-order valence-corrected chi connectivity index (χ2v) is 9.09. The Bertz CT molecular complexity index is 1010. The molecule has 6 nitrogen and oxygen atoms in total. The number of nitrogens with zero attached hydrogens (tertiary/aromatic N) is 1. The van der Waals surface area contributed by atoms with Gasteiger partial charge in [-0.3, -0.25) is 14.5 Å². The first kappa shape index (κ1) is 20.3. The number of rotatable bonds is 5. The van der Waals surface area contributed by atoms with Crippen LogP contribution in [-0.2, 0) is 27.7 Å². The molecule has 1 amide bonds. The summed E-state index contributed by atoms with van der Waals surface area (Å²) in [5, 5.41) is 2.89. The largest absolute Gasteiger partial charge is 0.349 e. The number of nitrogens with one attached hydrogen (secondary N) is 2. The van der Waals surface area contributed by atoms with Crippen LogP contribution in [0.1, 0.15) is 41.8 Å². The van der Waals surface area contributed by atoms with Crippen molar-refractivity contribution in [2.24, 2.45) is 5.92 Å². The number of carbonyl (C=O) groups excluding carboxylic acids is 1. The van der Waals surface area contributed by atoms with E-state index in [9.17, 15) is 17.6 Å². The summed E-state index contributed by atoms with van der Waals surface area (Å²) in [6.07, 6.45) is 4.86. The molecule has 2 aromatic rings. The minimum absolute atomic E-state index is 0.114. The van der Waals surface area contributed by atoms with Crippen LogP contribution >= 0.6 is 0 Å². The van der Waals surface area contributed by atoms with Crippen molar-refractivity contribution in [2.75, 3.05) is 11.0 Å². The van der Waals surface area contributed by atoms with Crippen molar-refractivity contribution in [3.8, 4) is 0 Å². The van der Waals surface area contributed by atoms with Gasteiger partial charge in [0.1, 0.15) is 5.82 Å². The predicted molar refractivity (Wildman–Crippen MR) is 106 cm³/mol. The van der Waals surface area contributed by atoms with Crippen LogP contribution in [0.15, 0.2) is 30.5 Å². The molecule has 1 aromatic heterocycles. The molecule has 0 unspecified atom stereocenters. The maximum absolute atomic E-state index is 14.6. The van der Waals surface area contributed by atoms with Gasteiger partial charge in [0.2, 0.25) is 15.9 Å². The zero-order chi connectivity index (χ0) is 20.5. The van der Waals surface area contributed by atoms with Gasteiger partial charge < -0.3 is 5.32 Å². The van der Waals surface area contributed by atoms with Crippen molar-refractivity contribution in [3.05, 3.63) is 58.7 Å². The van der Waals surface area contributed by atoms with Gasteiger partial charge in [-0.15, -0.1) is 0 Å². The first-order chi connectivity index (χ1) is 13.1. The number of anilines is 1. The number of hydrogen-bond donors (Lipinski definition) is 2. The fourth-order valence-electron chi connectivity index (χ4n) is 3.54. The summed E-state index contributed by atoms with van der Waals surface area (Å²) in [5.41, 5.74) is 3.22. The number of aryl methyl sites for hydroxylation is 2. The van der Waals surface area contributed by atoms with E-state index in [1.54, 1.807) is 26.1 Å². The van der Waals surface area contributed by atoms with E-state index in [1.165, 1.54) is 0 Å². The zero-order valence-electron chi connectivity index (χ0n) is 16.1. The molecule has 28 heavy (non-hydrogen) atoms. The quantitative estimate of drug-likeness (QED) is 0.801. The van der Waals surface area contributed by atoms with Crippen LogP contribution in [0, 0.1) is 18.7 Å². The van der Waals surface area contributed by atoms with E-state index in [4.69, 9.17) is 0 Å². The second kappa shape index (κ2) is 7.87. The van der Waals surface area contributed by atoms with Crippen molar-refractivity contribution < 1.29 is 17.6 Å². The normalized spacial score (nSPS) is 17.5. The first-order valence-electron chi connectivity index (χ1n) is 9.15. The highest BCUT2D eigenvalue weighted by atomic mass is 32.2. The van der Waals surface area contributed by atoms with Crippen molar-refractivity contribution in [1.82, 2.24) is 10.3 Å². The average Bonchev–Trinajstić information content (AvgIpc) is 2.62. The van der Waals surface area contributed by atoms with Gasteiger partial charge in [0.15, 0.2) is 0 Å². The standard InChI is InChI=1S/C20H24FN3O3S/c1-12-9-16(17(21)11-19(12)24-28(3,26)27)13(2)23-20(25)15-6-7-18-14(10-15)5-4-8-22-18/h4-5,8-9,11,13,15,24H,6-7,10H2,1-3H3,(H,23,25)/t13-,15+/m1/s1. The van der Waals surface area contributed by atoms with E-state index < -0.39 is 21.9 Å². The molecule has 1 heterocycles. The van der Waals surface area contributed by atoms with Crippen molar-refractivity contribution in [1.29, 1.82) is 0 Å². The topological polar surface area (TPSA) is 88.2 Å². The Hall–Kier alpha value is -2.48. The Morgan fingerprint density at radius 1 is 1.36 bits per heavy atom. The van der Waals surface area contributed by atoms with E-state index in [0.29, 0.717) is 24.0 Å². The van der Waals surface area contributed by atoms with Crippen molar-refractivity contribution in [3.63, 3.8) is 0 Å². The van der Waals surface area contributed by atoms with Crippen LogP contribution in [0.25, 0.3) is 0 Å². The van der Waals surface area contributed by atoms with Gasteiger partial charge in [0, 0.05) is 23.4 Å². The van der Waals surface area contributed by atoms with Crippen LogP contribution in [0.3, 0.4) is 0 Å². The predicted octanol–water partition coefficient (Wildman–Crippen LogP) is 2.88. The van der Waals surface area contributed by atoms with Crippen LogP contribution in [0.2, 0.25) is 0 Å². The number of sulfonamides is 1. The SMILES string of the molecule is Cc1cc([C@@H](C)NC(=O)[C@H]2CCc3ncccc3C2)c(F)cc1NS(C)(=O)=O. The van der Waals surface area contributed by atoms with E-state index in [2.05, 4.69) is 15.0 Å². The van der Waals surface area contributed by atoms with E-state index in [0.717, 1.165) is 30.0 Å². The number of aromatic nitrogens is 1. The van der Waals surface area contributed by atoms with Gasteiger partial charge in [-0.2, -0.15) is 0 Å². The van der Waals surface area contributed by atoms with Crippen LogP contribution < -0.4 is 10.0 Å². The van der Waals surface area contributed by atoms with Crippen molar-refractivity contribution in [2.45, 2.75) is 39.2 Å². The molecule has 0 spiro atoms. The first-order valence-corrected chi connectivity index (χ1v) is 11.0. The van der Waals surface area contributed by atoms with Gasteiger partial charge >= 0.3 is 0 Å². The molecule has 0 radical (unpaired) electrons. The molecule has 1 aliphatic carbocycles. The fourth-order valence-corrected chi connectivity index (χ4v) is 4.16. The summed E-state index contributed by atoms with van der Waals surface area (Å²) in [4.78, 5) is 17.0. The average molecular weight is 405 g/mol. The number of amides is 1. The monoisotopic (exact) mass is 405 g/mol. The van der Waals surface area contributed by atoms with Crippen molar-refractivity contribution >= 4 is 21.6 Å². The number of hydrogen-bond acceptors (Lipinski definition) is 4. The molecule has 150 valence electrons. The van der Waals surface area contributed by atoms with E-state index in [-0.39, 0.29) is 17.5 Å². The number of halogens is 1. The molecule has 8 heteroatoms. The van der Waals surface area contributed by atoms with Gasteiger partial charge in [-0.1, -0.05) is 6.07 Å². The lowest BCUT2D eigenvalue weighted by Gasteiger charge is -2.25. The Morgan fingerprint density at radius 3 is 2.82 bits per heavy atom. The molecule has 2 N–H and O–H groups in total. The van der Waals surface area contributed by atoms with Gasteiger partial charge in [0.25, 0.3) is 0 Å². The van der Waals surface area contributed by atoms with E-state index in [1.807, 2.05) is 12.1 Å². The third kappa shape index (κ3) is 4.67. The maximum atomic E-state index is 14.6. The Morgan fingerprint density at radius 2 is 2.11 bits per heavy atom. The molecule has 1 aliphatic rings. The lowest BCUT2D eigenvalue weighted by atomic mass is 9.86. The highest BCUT2D eigenvalue weighted by Gasteiger charge is 2.27. The summed E-state index contributed by atoms with van der Waals surface area (Å²) in [6.45, 7) is 3.41. The minimum atomic E-state index is -3.50. The summed E-state index contributed by atoms with van der Waals surface area (Å²) < 4.78 is 39.6. The second-order valence-electron chi connectivity index (χ2n) is 7.34. The molecule has 2 atom stereocenters. The van der Waals surface area contributed by atoms with Gasteiger partial charge in [-0.05, 0) is 62.4 Å². The molecule has 0 saturated heterocycles. The lowest BCUT2D eigenvalue weighted by molar-refractivity contribution is -0.126. The molecule has 3 rings (SSSR count). The molecule has 0 saturated carbocycles. The molecule has 0 aliphatic heterocycles. The van der Waals surface area contributed by atoms with Gasteiger partial charge in [0.05, 0.1) is 18.0 Å². The molecular formula is C20H24FN3O3S. The minimum Gasteiger partial charge on any atom is -0.349 e. The van der Waals surface area contributed by atoms with Crippen LogP contribution in [0.4, 0.5) is 10.1 Å². The summed E-state index contributed by atoms with van der Waals surface area (Å²) >= 11 is 0. The summed E-state index contributed by atoms with van der Waals surface area (Å²) in [5.74, 6) is -0.852. The molecule has 0 bridgehead atoms. The maximum Gasteiger partial charge on any atom is 0.229 e. The van der Waals surface area contributed by atoms with Crippen LogP contribution in [-0.4, -0.2) is 25.6 Å². The smallest absolute Gasteiger partial charge is 0.229 e. The number of fused-ring (bicyclic) bond motifs is 1. The third-order valence-electron chi connectivity index (χ3n) is 5.02. The highest BCUT2D eigenvalue weighted by molar-refractivity contribution is 7.92. The fraction of sp³-hybridized carbons (Fsp3) is 0.400. The third-order valence-corrected chi connectivity index (χ3v) is 5.61. The highest BCUT2D eigenvalue weighted by Crippen LogP contribution is 2.27. The zero-order valence-corrected chi connectivity index (χ0v) is 16.9. The molecule has 0 fully saturated rings. The Labute approximate surface area is 164 Å². The number of pyridine rings is 1.